The minimum absolute atomic E-state index is 0.116. The Kier molecular flexibility index (Phi) is 4.91. The molecule has 2 aromatic rings. The minimum atomic E-state index is -0.897. The molecular weight excluding hydrogens is 284 g/mol. The molecule has 0 spiro atoms. The molecule has 20 heavy (non-hydrogen) atoms. The van der Waals surface area contributed by atoms with E-state index in [-0.39, 0.29) is 12.5 Å². The Morgan fingerprint density at radius 2 is 2.00 bits per heavy atom. The van der Waals surface area contributed by atoms with Crippen molar-refractivity contribution in [2.75, 3.05) is 5.88 Å². The summed E-state index contributed by atoms with van der Waals surface area (Å²) in [6.07, 6.45) is 3.11. The van der Waals surface area contributed by atoms with Crippen molar-refractivity contribution in [2.45, 2.75) is 6.61 Å². The first kappa shape index (κ1) is 14.3. The van der Waals surface area contributed by atoms with Crippen molar-refractivity contribution in [3.05, 3.63) is 59.4 Å². The molecule has 102 valence electrons. The van der Waals surface area contributed by atoms with Gasteiger partial charge in [0, 0.05) is 11.8 Å². The van der Waals surface area contributed by atoms with Crippen LogP contribution in [0.5, 0.6) is 5.75 Å². The molecule has 2 nitrogen and oxygen atoms in total. The number of rotatable bonds is 3. The Morgan fingerprint density at radius 3 is 2.75 bits per heavy atom. The molecule has 0 saturated heterocycles. The zero-order valence-electron chi connectivity index (χ0n) is 10.4. The van der Waals surface area contributed by atoms with Crippen molar-refractivity contribution < 1.29 is 13.5 Å². The van der Waals surface area contributed by atoms with E-state index in [4.69, 9.17) is 16.3 Å². The fourth-order valence-electron chi connectivity index (χ4n) is 1.50. The van der Waals surface area contributed by atoms with Crippen molar-refractivity contribution in [2.24, 2.45) is 0 Å². The molecule has 5 heteroatoms. The van der Waals surface area contributed by atoms with E-state index in [0.29, 0.717) is 16.9 Å². The van der Waals surface area contributed by atoms with Crippen LogP contribution in [-0.4, -0.2) is 10.9 Å². The third-order valence-electron chi connectivity index (χ3n) is 2.40. The number of aromatic nitrogens is 1. The number of hydrogen-bond acceptors (Lipinski definition) is 2. The maximum Gasteiger partial charge on any atom is 0.159 e. The van der Waals surface area contributed by atoms with Crippen LogP contribution in [0.3, 0.4) is 0 Å². The van der Waals surface area contributed by atoms with Gasteiger partial charge in [0.2, 0.25) is 0 Å². The molecule has 0 atom stereocenters. The summed E-state index contributed by atoms with van der Waals surface area (Å²) in [7, 11) is 0. The summed E-state index contributed by atoms with van der Waals surface area (Å²) in [5, 5.41) is 0. The zero-order valence-corrected chi connectivity index (χ0v) is 11.1. The van der Waals surface area contributed by atoms with Crippen molar-refractivity contribution in [1.29, 1.82) is 0 Å². The van der Waals surface area contributed by atoms with E-state index in [9.17, 15) is 8.78 Å². The van der Waals surface area contributed by atoms with Gasteiger partial charge in [-0.15, -0.1) is 11.6 Å². The molecule has 0 N–H and O–H groups in total. The molecule has 0 saturated carbocycles. The second-order valence-corrected chi connectivity index (χ2v) is 4.15. The van der Waals surface area contributed by atoms with Gasteiger partial charge in [0.05, 0.1) is 12.1 Å². The van der Waals surface area contributed by atoms with Crippen LogP contribution in [0.4, 0.5) is 8.78 Å². The average molecular weight is 294 g/mol. The predicted octanol–water partition coefficient (Wildman–Crippen LogP) is 3.53. The summed E-state index contributed by atoms with van der Waals surface area (Å²) in [5.41, 5.74) is 1.20. The van der Waals surface area contributed by atoms with Crippen LogP contribution in [0.2, 0.25) is 0 Å². The second-order valence-electron chi connectivity index (χ2n) is 3.88. The smallest absolute Gasteiger partial charge is 0.159 e. The lowest BCUT2D eigenvalue weighted by atomic mass is 10.2. The monoisotopic (exact) mass is 293 g/mol. The molecule has 0 fully saturated rings. The van der Waals surface area contributed by atoms with Crippen molar-refractivity contribution >= 4 is 11.6 Å². The van der Waals surface area contributed by atoms with Crippen LogP contribution < -0.4 is 4.74 Å². The first-order valence-electron chi connectivity index (χ1n) is 5.75. The van der Waals surface area contributed by atoms with E-state index in [0.717, 1.165) is 12.1 Å². The van der Waals surface area contributed by atoms with Crippen molar-refractivity contribution in [1.82, 2.24) is 4.98 Å². The van der Waals surface area contributed by atoms with E-state index in [1.165, 1.54) is 12.3 Å². The number of benzene rings is 1. The van der Waals surface area contributed by atoms with Crippen LogP contribution in [0.25, 0.3) is 0 Å². The van der Waals surface area contributed by atoms with E-state index < -0.39 is 11.6 Å². The average Bonchev–Trinajstić information content (AvgIpc) is 2.47. The van der Waals surface area contributed by atoms with Gasteiger partial charge in [-0.05, 0) is 23.8 Å². The third kappa shape index (κ3) is 3.94. The Labute approximate surface area is 120 Å². The van der Waals surface area contributed by atoms with Gasteiger partial charge in [0.15, 0.2) is 11.6 Å². The number of nitrogens with zero attached hydrogens (tertiary/aromatic N) is 1. The SMILES string of the molecule is Fc1ccc(COc2cncc(C#CCCl)c2)cc1F. The van der Waals surface area contributed by atoms with Gasteiger partial charge in [0.1, 0.15) is 12.4 Å². The zero-order chi connectivity index (χ0) is 14.4. The fraction of sp³-hybridized carbons (Fsp3) is 0.133. The van der Waals surface area contributed by atoms with Crippen LogP contribution >= 0.6 is 11.6 Å². The Hall–Kier alpha value is -2.12. The van der Waals surface area contributed by atoms with Gasteiger partial charge in [-0.25, -0.2) is 8.78 Å². The lowest BCUT2D eigenvalue weighted by Crippen LogP contribution is -1.98. The van der Waals surface area contributed by atoms with Gasteiger partial charge < -0.3 is 4.74 Å². The van der Waals surface area contributed by atoms with E-state index in [2.05, 4.69) is 16.8 Å². The fourth-order valence-corrected chi connectivity index (χ4v) is 1.56. The van der Waals surface area contributed by atoms with E-state index in [1.807, 2.05) is 0 Å². The normalized spacial score (nSPS) is 9.75. The Bertz CT molecular complexity index is 664. The minimum Gasteiger partial charge on any atom is -0.487 e. The highest BCUT2D eigenvalue weighted by atomic mass is 35.5. The molecule has 0 aliphatic rings. The van der Waals surface area contributed by atoms with E-state index >= 15 is 0 Å². The summed E-state index contributed by atoms with van der Waals surface area (Å²) < 4.78 is 31.3. The van der Waals surface area contributed by atoms with Gasteiger partial charge in [-0.2, -0.15) is 0 Å². The topological polar surface area (TPSA) is 22.1 Å². The Balaban J connectivity index is 2.05. The summed E-state index contributed by atoms with van der Waals surface area (Å²) >= 11 is 5.47. The van der Waals surface area contributed by atoms with Crippen LogP contribution in [-0.2, 0) is 6.61 Å². The summed E-state index contributed by atoms with van der Waals surface area (Å²) in [5.74, 6) is 4.48. The highest BCUT2D eigenvalue weighted by Crippen LogP contribution is 2.14. The molecule has 1 heterocycles. The molecule has 0 amide bonds. The quantitative estimate of drug-likeness (QED) is 0.638. The van der Waals surface area contributed by atoms with Gasteiger partial charge in [-0.1, -0.05) is 17.9 Å². The lowest BCUT2D eigenvalue weighted by molar-refractivity contribution is 0.304. The van der Waals surface area contributed by atoms with Crippen molar-refractivity contribution in [3.63, 3.8) is 0 Å². The number of ether oxygens (including phenoxy) is 1. The highest BCUT2D eigenvalue weighted by Gasteiger charge is 2.03. The number of hydrogen-bond donors (Lipinski definition) is 0. The van der Waals surface area contributed by atoms with Gasteiger partial charge in [-0.3, -0.25) is 4.98 Å². The molecule has 0 bridgehead atoms. The highest BCUT2D eigenvalue weighted by molar-refractivity contribution is 6.19. The third-order valence-corrected chi connectivity index (χ3v) is 2.54. The number of pyridine rings is 1. The lowest BCUT2D eigenvalue weighted by Gasteiger charge is -2.06. The summed E-state index contributed by atoms with van der Waals surface area (Å²) in [6.45, 7) is 0.116. The first-order valence-corrected chi connectivity index (χ1v) is 6.29. The molecule has 0 radical (unpaired) electrons. The largest absolute Gasteiger partial charge is 0.487 e. The maximum absolute atomic E-state index is 13.0. The Morgan fingerprint density at radius 1 is 1.15 bits per heavy atom. The summed E-state index contributed by atoms with van der Waals surface area (Å²) in [6, 6.07) is 5.32. The van der Waals surface area contributed by atoms with Crippen LogP contribution in [0, 0.1) is 23.5 Å². The standard InChI is InChI=1S/C15H10ClF2NO/c16-5-1-2-11-6-13(9-19-8-11)20-10-12-3-4-14(17)15(18)7-12/h3-4,6-9H,5,10H2. The number of halogens is 3. The predicted molar refractivity (Wildman–Crippen MR) is 72.5 cm³/mol. The molecule has 1 aromatic heterocycles. The molecule has 0 aliphatic carbocycles. The van der Waals surface area contributed by atoms with Gasteiger partial charge >= 0.3 is 0 Å². The van der Waals surface area contributed by atoms with Gasteiger partial charge in [0.25, 0.3) is 0 Å². The summed E-state index contributed by atoms with van der Waals surface area (Å²) in [4.78, 5) is 3.98. The molecular formula is C15H10ClF2NO. The maximum atomic E-state index is 13.0. The second kappa shape index (κ2) is 6.88. The molecule has 2 rings (SSSR count). The molecule has 0 unspecified atom stereocenters. The van der Waals surface area contributed by atoms with Crippen molar-refractivity contribution in [3.8, 4) is 17.6 Å². The van der Waals surface area contributed by atoms with Crippen LogP contribution in [0.1, 0.15) is 11.1 Å². The number of alkyl halides is 1. The first-order chi connectivity index (χ1) is 9.69. The molecule has 1 aromatic carbocycles. The molecule has 0 aliphatic heterocycles. The van der Waals surface area contributed by atoms with E-state index in [1.54, 1.807) is 12.3 Å². The van der Waals surface area contributed by atoms with Crippen LogP contribution in [0.15, 0.2) is 36.7 Å².